The van der Waals surface area contributed by atoms with Crippen LogP contribution in [-0.2, 0) is 32.6 Å². The molecular weight excluding hydrogens is 608 g/mol. The summed E-state index contributed by atoms with van der Waals surface area (Å²) in [6.45, 7) is -0.0141. The molecular formula is C31H28BrF2N5O3. The molecule has 1 saturated heterocycles. The van der Waals surface area contributed by atoms with Gasteiger partial charge in [-0.15, -0.1) is 0 Å². The summed E-state index contributed by atoms with van der Waals surface area (Å²) in [5.74, 6) is -1.68. The lowest BCUT2D eigenvalue weighted by atomic mass is 9.79. The molecule has 3 heterocycles. The number of amides is 3. The first kappa shape index (κ1) is 27.2. The van der Waals surface area contributed by atoms with E-state index in [1.54, 1.807) is 12.3 Å². The van der Waals surface area contributed by atoms with Crippen LogP contribution in [0, 0.1) is 11.6 Å². The van der Waals surface area contributed by atoms with E-state index in [1.807, 2.05) is 24.3 Å². The first-order valence-corrected chi connectivity index (χ1v) is 14.9. The Morgan fingerprint density at radius 2 is 1.88 bits per heavy atom. The summed E-state index contributed by atoms with van der Waals surface area (Å²) in [6.07, 6.45) is 5.74. The number of nitrogens with one attached hydrogen (secondary N) is 3. The predicted molar refractivity (Wildman–Crippen MR) is 155 cm³/mol. The van der Waals surface area contributed by atoms with E-state index < -0.39 is 34.5 Å². The Balaban J connectivity index is 1.13. The van der Waals surface area contributed by atoms with Crippen molar-refractivity contribution in [2.45, 2.75) is 55.5 Å². The lowest BCUT2D eigenvalue weighted by Gasteiger charge is -2.45. The topological polar surface area (TPSA) is 103 Å². The molecule has 1 aromatic heterocycles. The SMILES string of the molecule is O=C(CN1C(=O)C2(CCCC2)NC[C@H]1c1cc(F)cc(F)c1Br)Nc1ccc2c(c1)C[C@@]1(C2)C(=O)Nc2ncccc21. The zero-order valence-electron chi connectivity index (χ0n) is 22.6. The van der Waals surface area contributed by atoms with Gasteiger partial charge in [0.05, 0.1) is 21.5 Å². The van der Waals surface area contributed by atoms with Crippen LogP contribution < -0.4 is 16.0 Å². The quantitative estimate of drug-likeness (QED) is 0.366. The highest BCUT2D eigenvalue weighted by atomic mass is 79.9. The number of pyridine rings is 1. The molecule has 2 fully saturated rings. The van der Waals surface area contributed by atoms with Gasteiger partial charge in [-0.05, 0) is 82.6 Å². The average Bonchev–Trinajstić information content (AvgIpc) is 3.66. The molecule has 0 bridgehead atoms. The third kappa shape index (κ3) is 4.24. The molecule has 4 aliphatic rings. The summed E-state index contributed by atoms with van der Waals surface area (Å²) in [5.41, 5.74) is 2.18. The second-order valence-electron chi connectivity index (χ2n) is 11.7. The first-order valence-electron chi connectivity index (χ1n) is 14.1. The van der Waals surface area contributed by atoms with Gasteiger partial charge in [0.15, 0.2) is 0 Å². The van der Waals surface area contributed by atoms with E-state index in [4.69, 9.17) is 0 Å². The third-order valence-corrected chi connectivity index (χ3v) is 10.1. The number of aromatic nitrogens is 1. The van der Waals surface area contributed by atoms with Gasteiger partial charge in [0.25, 0.3) is 0 Å². The summed E-state index contributed by atoms with van der Waals surface area (Å²) in [4.78, 5) is 46.1. The number of anilines is 2. The highest BCUT2D eigenvalue weighted by Gasteiger charge is 2.52. The minimum absolute atomic E-state index is 0.0663. The Labute approximate surface area is 249 Å². The maximum atomic E-state index is 14.5. The van der Waals surface area contributed by atoms with Gasteiger partial charge in [-0.3, -0.25) is 14.4 Å². The molecule has 3 N–H and O–H groups in total. The van der Waals surface area contributed by atoms with Crippen LogP contribution in [0.15, 0.2) is 53.1 Å². The molecule has 2 aromatic carbocycles. The molecule has 8 nitrogen and oxygen atoms in total. The van der Waals surface area contributed by atoms with Crippen LogP contribution in [0.2, 0.25) is 0 Å². The normalized spacial score (nSPS) is 23.8. The molecule has 216 valence electrons. The monoisotopic (exact) mass is 635 g/mol. The predicted octanol–water partition coefficient (Wildman–Crippen LogP) is 4.54. The fourth-order valence-electron chi connectivity index (χ4n) is 7.24. The Morgan fingerprint density at radius 1 is 1.10 bits per heavy atom. The Bertz CT molecular complexity index is 1660. The summed E-state index contributed by atoms with van der Waals surface area (Å²) < 4.78 is 28.8. The number of halogens is 3. The minimum Gasteiger partial charge on any atom is -0.325 e. The number of rotatable bonds is 4. The molecule has 2 aliphatic heterocycles. The Kier molecular flexibility index (Phi) is 6.43. The molecule has 0 unspecified atom stereocenters. The van der Waals surface area contributed by atoms with Crippen molar-refractivity contribution < 1.29 is 23.2 Å². The summed E-state index contributed by atoms with van der Waals surface area (Å²) >= 11 is 3.22. The smallest absolute Gasteiger partial charge is 0.244 e. The largest absolute Gasteiger partial charge is 0.325 e. The van der Waals surface area contributed by atoms with Crippen molar-refractivity contribution in [3.05, 3.63) is 87.0 Å². The molecule has 2 aliphatic carbocycles. The maximum Gasteiger partial charge on any atom is 0.244 e. The lowest BCUT2D eigenvalue weighted by Crippen LogP contribution is -2.64. The van der Waals surface area contributed by atoms with Crippen LogP contribution in [0.4, 0.5) is 20.3 Å². The lowest BCUT2D eigenvalue weighted by molar-refractivity contribution is -0.147. The standard InChI is InChI=1S/C31H28BrF2N5O3/c32-26-21(11-19(33)12-23(26)34)24-15-36-31(7-1-2-8-31)29(42)39(24)16-25(40)37-20-6-5-17-13-30(14-18(17)10-20)22-4-3-9-35-27(22)38-28(30)41/h3-6,9-12,24,36H,1-2,7-8,13-16H2,(H,37,40)(H,35,38,41)/t24-,30+/m0/s1. The van der Waals surface area contributed by atoms with Gasteiger partial charge < -0.3 is 20.9 Å². The number of hydrogen-bond acceptors (Lipinski definition) is 5. The summed E-state index contributed by atoms with van der Waals surface area (Å²) in [5, 5.41) is 9.16. The molecule has 2 atom stereocenters. The van der Waals surface area contributed by atoms with Crippen molar-refractivity contribution in [3.8, 4) is 0 Å². The van der Waals surface area contributed by atoms with Crippen LogP contribution in [0.25, 0.3) is 0 Å². The molecule has 11 heteroatoms. The van der Waals surface area contributed by atoms with Gasteiger partial charge in [-0.25, -0.2) is 13.8 Å². The molecule has 42 heavy (non-hydrogen) atoms. The van der Waals surface area contributed by atoms with Crippen molar-refractivity contribution in [1.82, 2.24) is 15.2 Å². The van der Waals surface area contributed by atoms with E-state index in [0.717, 1.165) is 35.6 Å². The number of carbonyl (C=O) groups is 3. The highest BCUT2D eigenvalue weighted by Crippen LogP contribution is 2.47. The summed E-state index contributed by atoms with van der Waals surface area (Å²) in [6, 6.07) is 10.6. The number of nitrogens with zero attached hydrogens (tertiary/aromatic N) is 2. The van der Waals surface area contributed by atoms with E-state index in [9.17, 15) is 23.2 Å². The highest BCUT2D eigenvalue weighted by molar-refractivity contribution is 9.10. The number of fused-ring (bicyclic) bond motifs is 3. The molecule has 3 amide bonds. The fraction of sp³-hybridized carbons (Fsp3) is 0.355. The molecule has 0 radical (unpaired) electrons. The zero-order chi connectivity index (χ0) is 29.2. The van der Waals surface area contributed by atoms with Gasteiger partial charge in [-0.1, -0.05) is 25.0 Å². The number of piperazine rings is 1. The molecule has 7 rings (SSSR count). The average molecular weight is 636 g/mol. The van der Waals surface area contributed by atoms with Gasteiger partial charge in [0, 0.05) is 30.1 Å². The maximum absolute atomic E-state index is 14.5. The third-order valence-electron chi connectivity index (χ3n) is 9.30. The van der Waals surface area contributed by atoms with E-state index in [0.29, 0.717) is 37.2 Å². The van der Waals surface area contributed by atoms with Crippen molar-refractivity contribution in [1.29, 1.82) is 0 Å². The second-order valence-corrected chi connectivity index (χ2v) is 12.5. The molecule has 2 spiro atoms. The van der Waals surface area contributed by atoms with Crippen LogP contribution in [0.1, 0.15) is 54.0 Å². The Morgan fingerprint density at radius 3 is 2.69 bits per heavy atom. The van der Waals surface area contributed by atoms with Gasteiger partial charge in [0.2, 0.25) is 17.7 Å². The van der Waals surface area contributed by atoms with E-state index in [1.165, 1.54) is 11.0 Å². The Hall–Kier alpha value is -3.70. The van der Waals surface area contributed by atoms with Gasteiger partial charge in [-0.2, -0.15) is 0 Å². The number of carbonyl (C=O) groups excluding carboxylic acids is 3. The van der Waals surface area contributed by atoms with Crippen molar-refractivity contribution in [3.63, 3.8) is 0 Å². The van der Waals surface area contributed by atoms with Crippen LogP contribution >= 0.6 is 15.9 Å². The van der Waals surface area contributed by atoms with Crippen LogP contribution in [-0.4, -0.2) is 46.2 Å². The second kappa shape index (κ2) is 9.95. The van der Waals surface area contributed by atoms with Gasteiger partial charge in [0.1, 0.15) is 24.0 Å². The van der Waals surface area contributed by atoms with Crippen molar-refractivity contribution in [2.24, 2.45) is 0 Å². The van der Waals surface area contributed by atoms with Crippen molar-refractivity contribution >= 4 is 45.2 Å². The number of hydrogen-bond donors (Lipinski definition) is 3. The van der Waals surface area contributed by atoms with Crippen molar-refractivity contribution in [2.75, 3.05) is 23.7 Å². The minimum atomic E-state index is -0.774. The van der Waals surface area contributed by atoms with Crippen LogP contribution in [0.5, 0.6) is 0 Å². The van der Waals surface area contributed by atoms with Gasteiger partial charge >= 0.3 is 0 Å². The van der Waals surface area contributed by atoms with E-state index in [-0.39, 0.29) is 34.9 Å². The first-order chi connectivity index (χ1) is 20.2. The van der Waals surface area contributed by atoms with Crippen LogP contribution in [0.3, 0.4) is 0 Å². The molecule has 1 saturated carbocycles. The van der Waals surface area contributed by atoms with E-state index in [2.05, 4.69) is 36.9 Å². The zero-order valence-corrected chi connectivity index (χ0v) is 24.2. The fourth-order valence-corrected chi connectivity index (χ4v) is 7.74. The number of benzene rings is 2. The molecule has 3 aromatic rings. The van der Waals surface area contributed by atoms with E-state index >= 15 is 0 Å². The summed E-state index contributed by atoms with van der Waals surface area (Å²) in [7, 11) is 0.